The maximum absolute atomic E-state index is 12.1. The quantitative estimate of drug-likeness (QED) is 0.853. The molecule has 4 rings (SSSR count). The van der Waals surface area contributed by atoms with Crippen molar-refractivity contribution in [3.63, 3.8) is 0 Å². The third-order valence-electron chi connectivity index (χ3n) is 4.93. The van der Waals surface area contributed by atoms with Gasteiger partial charge in [-0.3, -0.25) is 0 Å². The molecule has 1 saturated carbocycles. The number of carbonyl (C=O) groups excluding carboxylic acids is 1. The van der Waals surface area contributed by atoms with Crippen LogP contribution in [0.25, 0.3) is 0 Å². The van der Waals surface area contributed by atoms with Crippen LogP contribution in [0, 0.1) is 5.41 Å². The summed E-state index contributed by atoms with van der Waals surface area (Å²) in [5.74, 6) is 0.793. The number of ether oxygens (including phenoxy) is 2. The smallest absolute Gasteiger partial charge is 0.410 e. The second-order valence-electron chi connectivity index (χ2n) is 8.73. The largest absolute Gasteiger partial charge is 0.488 e. The van der Waals surface area contributed by atoms with E-state index in [-0.39, 0.29) is 11.5 Å². The van der Waals surface area contributed by atoms with E-state index in [1.807, 2.05) is 32.9 Å². The van der Waals surface area contributed by atoms with Crippen molar-refractivity contribution in [2.45, 2.75) is 45.3 Å². The highest BCUT2D eigenvalue weighted by Crippen LogP contribution is 2.43. The molecule has 1 amide bonds. The molecule has 1 aliphatic carbocycles. The molecule has 25 heavy (non-hydrogen) atoms. The first kappa shape index (κ1) is 16.4. The molecule has 0 unspecified atom stereocenters. The maximum atomic E-state index is 12.1. The van der Waals surface area contributed by atoms with E-state index in [9.17, 15) is 4.79 Å². The molecule has 136 valence electrons. The summed E-state index contributed by atoms with van der Waals surface area (Å²) in [6.07, 6.45) is 2.41. The number of hydrogen-bond donors (Lipinski definition) is 1. The van der Waals surface area contributed by atoms with Crippen LogP contribution < -0.4 is 15.4 Å². The summed E-state index contributed by atoms with van der Waals surface area (Å²) in [6.45, 7) is 9.14. The number of anilines is 2. The molecule has 2 aliphatic heterocycles. The first-order valence-corrected chi connectivity index (χ1v) is 9.02. The average Bonchev–Trinajstić information content (AvgIpc) is 3.20. The van der Waals surface area contributed by atoms with E-state index in [2.05, 4.69) is 11.0 Å². The van der Waals surface area contributed by atoms with E-state index >= 15 is 0 Å². The molecule has 0 atom stereocenters. The van der Waals surface area contributed by atoms with Crippen LogP contribution in [0.2, 0.25) is 0 Å². The van der Waals surface area contributed by atoms with Crippen molar-refractivity contribution in [1.29, 1.82) is 0 Å². The van der Waals surface area contributed by atoms with Crippen LogP contribution in [0.5, 0.6) is 5.75 Å². The molecule has 1 aromatic rings. The molecule has 0 radical (unpaired) electrons. The lowest BCUT2D eigenvalue weighted by Crippen LogP contribution is -2.73. The fourth-order valence-corrected chi connectivity index (χ4v) is 3.57. The molecule has 6 nitrogen and oxygen atoms in total. The van der Waals surface area contributed by atoms with Gasteiger partial charge in [0.1, 0.15) is 11.4 Å². The number of hydrogen-bond acceptors (Lipinski definition) is 5. The maximum Gasteiger partial charge on any atom is 0.410 e. The minimum atomic E-state index is -0.437. The van der Waals surface area contributed by atoms with Gasteiger partial charge in [0, 0.05) is 37.3 Å². The molecule has 2 saturated heterocycles. The number of carbonyl (C=O) groups is 1. The SMILES string of the molecule is CC(C)(C)OC(=O)N1CC2(C1)CN(c1ccc(OC3CC3)c(N)c1)C2. The predicted molar refractivity (Wildman–Crippen MR) is 97.0 cm³/mol. The van der Waals surface area contributed by atoms with E-state index in [1.54, 1.807) is 4.90 Å². The van der Waals surface area contributed by atoms with Crippen LogP contribution in [0.4, 0.5) is 16.2 Å². The summed E-state index contributed by atoms with van der Waals surface area (Å²) >= 11 is 0. The monoisotopic (exact) mass is 345 g/mol. The lowest BCUT2D eigenvalue weighted by molar-refractivity contribution is -0.0452. The summed E-state index contributed by atoms with van der Waals surface area (Å²) in [7, 11) is 0. The predicted octanol–water partition coefficient (Wildman–Crippen LogP) is 2.87. The van der Waals surface area contributed by atoms with Gasteiger partial charge >= 0.3 is 6.09 Å². The van der Waals surface area contributed by atoms with Crippen LogP contribution in [-0.4, -0.2) is 48.9 Å². The Bertz CT molecular complexity index is 680. The van der Waals surface area contributed by atoms with Gasteiger partial charge in [0.15, 0.2) is 0 Å². The fourth-order valence-electron chi connectivity index (χ4n) is 3.57. The third-order valence-corrected chi connectivity index (χ3v) is 4.93. The van der Waals surface area contributed by atoms with Crippen molar-refractivity contribution < 1.29 is 14.3 Å². The minimum absolute atomic E-state index is 0.206. The van der Waals surface area contributed by atoms with Crippen LogP contribution in [0.15, 0.2) is 18.2 Å². The van der Waals surface area contributed by atoms with Gasteiger partial charge in [-0.2, -0.15) is 0 Å². The molecular weight excluding hydrogens is 318 g/mol. The van der Waals surface area contributed by atoms with Crippen LogP contribution >= 0.6 is 0 Å². The summed E-state index contributed by atoms with van der Waals surface area (Å²) < 4.78 is 11.2. The molecule has 2 N–H and O–H groups in total. The van der Waals surface area contributed by atoms with Gasteiger partial charge in [0.25, 0.3) is 0 Å². The topological polar surface area (TPSA) is 68.0 Å². The Hall–Kier alpha value is -2.11. The van der Waals surface area contributed by atoms with E-state index in [0.29, 0.717) is 11.8 Å². The Morgan fingerprint density at radius 1 is 1.20 bits per heavy atom. The van der Waals surface area contributed by atoms with E-state index in [4.69, 9.17) is 15.2 Å². The molecule has 6 heteroatoms. The number of benzene rings is 1. The van der Waals surface area contributed by atoms with Crippen molar-refractivity contribution >= 4 is 17.5 Å². The molecule has 1 spiro atoms. The van der Waals surface area contributed by atoms with Gasteiger partial charge in [-0.1, -0.05) is 0 Å². The van der Waals surface area contributed by atoms with Gasteiger partial charge in [-0.15, -0.1) is 0 Å². The molecule has 0 aromatic heterocycles. The summed E-state index contributed by atoms with van der Waals surface area (Å²) in [4.78, 5) is 16.2. The van der Waals surface area contributed by atoms with Crippen molar-refractivity contribution in [2.75, 3.05) is 36.8 Å². The van der Waals surface area contributed by atoms with Crippen molar-refractivity contribution in [3.05, 3.63) is 18.2 Å². The number of rotatable bonds is 3. The second kappa shape index (κ2) is 5.44. The molecule has 3 aliphatic rings. The molecule has 0 bridgehead atoms. The zero-order chi connectivity index (χ0) is 17.8. The Morgan fingerprint density at radius 2 is 1.88 bits per heavy atom. The van der Waals surface area contributed by atoms with Gasteiger partial charge < -0.3 is 25.0 Å². The highest BCUT2D eigenvalue weighted by molar-refractivity contribution is 5.70. The number of likely N-dealkylation sites (tertiary alicyclic amines) is 1. The Balaban J connectivity index is 1.29. The second-order valence-corrected chi connectivity index (χ2v) is 8.73. The van der Waals surface area contributed by atoms with Gasteiger partial charge in [0.05, 0.1) is 11.8 Å². The van der Waals surface area contributed by atoms with Gasteiger partial charge in [-0.25, -0.2) is 4.79 Å². The van der Waals surface area contributed by atoms with E-state index < -0.39 is 5.60 Å². The lowest BCUT2D eigenvalue weighted by Gasteiger charge is -2.60. The van der Waals surface area contributed by atoms with Crippen LogP contribution in [0.1, 0.15) is 33.6 Å². The zero-order valence-electron chi connectivity index (χ0n) is 15.2. The van der Waals surface area contributed by atoms with Crippen LogP contribution in [0.3, 0.4) is 0 Å². The first-order chi connectivity index (χ1) is 11.7. The fraction of sp³-hybridized carbons (Fsp3) is 0.632. The number of nitrogens with zero attached hydrogens (tertiary/aromatic N) is 2. The Morgan fingerprint density at radius 3 is 2.44 bits per heavy atom. The highest BCUT2D eigenvalue weighted by atomic mass is 16.6. The molecule has 1 aromatic carbocycles. The normalized spacial score (nSPS) is 21.6. The standard InChI is InChI=1S/C19H27N3O3/c1-18(2,3)25-17(23)22-11-19(12-22)9-21(10-19)13-4-7-16(15(20)8-13)24-14-5-6-14/h4,7-8,14H,5-6,9-12,20H2,1-3H3. The number of nitrogen functional groups attached to an aromatic ring is 1. The van der Waals surface area contributed by atoms with E-state index in [0.717, 1.165) is 50.5 Å². The van der Waals surface area contributed by atoms with Crippen molar-refractivity contribution in [1.82, 2.24) is 4.90 Å². The number of nitrogens with two attached hydrogens (primary N) is 1. The third kappa shape index (κ3) is 3.34. The molecule has 2 heterocycles. The summed E-state index contributed by atoms with van der Waals surface area (Å²) in [5.41, 5.74) is 7.74. The van der Waals surface area contributed by atoms with Crippen molar-refractivity contribution in [3.8, 4) is 5.75 Å². The van der Waals surface area contributed by atoms with E-state index in [1.165, 1.54) is 0 Å². The van der Waals surface area contributed by atoms with Gasteiger partial charge in [-0.05, 0) is 51.8 Å². The lowest BCUT2D eigenvalue weighted by atomic mass is 9.73. The van der Waals surface area contributed by atoms with Crippen LogP contribution in [-0.2, 0) is 4.74 Å². The Labute approximate surface area is 148 Å². The highest BCUT2D eigenvalue weighted by Gasteiger charge is 2.54. The molecule has 3 fully saturated rings. The summed E-state index contributed by atoms with van der Waals surface area (Å²) in [5, 5.41) is 0. The molecular formula is C19H27N3O3. The van der Waals surface area contributed by atoms with Gasteiger partial charge in [0.2, 0.25) is 0 Å². The first-order valence-electron chi connectivity index (χ1n) is 9.02. The zero-order valence-corrected chi connectivity index (χ0v) is 15.2. The number of amides is 1. The minimum Gasteiger partial charge on any atom is -0.488 e. The Kier molecular flexibility index (Phi) is 3.56. The summed E-state index contributed by atoms with van der Waals surface area (Å²) in [6, 6.07) is 6.04. The average molecular weight is 345 g/mol. The van der Waals surface area contributed by atoms with Crippen molar-refractivity contribution in [2.24, 2.45) is 5.41 Å².